The molecule has 0 N–H and O–H groups in total. The molecule has 0 saturated carbocycles. The van der Waals surface area contributed by atoms with E-state index in [-0.39, 0.29) is 12.6 Å². The first kappa shape index (κ1) is 13.5. The van der Waals surface area contributed by atoms with Crippen LogP contribution in [0.25, 0.3) is 0 Å². The summed E-state index contributed by atoms with van der Waals surface area (Å²) in [4.78, 5) is 6.90. The van der Waals surface area contributed by atoms with Crippen molar-refractivity contribution in [3.8, 4) is 11.9 Å². The molecule has 19 heavy (non-hydrogen) atoms. The molecule has 0 fully saturated rings. The molecule has 0 bridgehead atoms. The van der Waals surface area contributed by atoms with Gasteiger partial charge in [0, 0.05) is 11.6 Å². The van der Waals surface area contributed by atoms with E-state index in [1.54, 1.807) is 5.38 Å². The molecule has 0 aliphatic carbocycles. The maximum absolute atomic E-state index is 12.4. The average molecular weight is 291 g/mol. The highest BCUT2D eigenvalue weighted by Gasteiger charge is 2.33. The monoisotopic (exact) mass is 291 g/mol. The summed E-state index contributed by atoms with van der Waals surface area (Å²) in [6, 6.07) is 0.433. The third kappa shape index (κ3) is 3.31. The van der Waals surface area contributed by atoms with Crippen molar-refractivity contribution in [3.05, 3.63) is 28.9 Å². The van der Waals surface area contributed by atoms with Crippen LogP contribution in [-0.4, -0.2) is 21.5 Å². The van der Waals surface area contributed by atoms with Crippen molar-refractivity contribution in [2.75, 3.05) is 7.11 Å². The molecule has 2 aromatic rings. The van der Waals surface area contributed by atoms with Crippen molar-refractivity contribution in [2.45, 2.75) is 12.8 Å². The van der Waals surface area contributed by atoms with Crippen LogP contribution < -0.4 is 9.47 Å². The first-order valence-corrected chi connectivity index (χ1v) is 5.84. The van der Waals surface area contributed by atoms with E-state index in [2.05, 4.69) is 14.3 Å². The van der Waals surface area contributed by atoms with Gasteiger partial charge in [0.25, 0.3) is 0 Å². The van der Waals surface area contributed by atoms with E-state index >= 15 is 0 Å². The van der Waals surface area contributed by atoms with Gasteiger partial charge in [0.1, 0.15) is 6.61 Å². The van der Waals surface area contributed by atoms with Crippen LogP contribution in [0.4, 0.5) is 13.2 Å². The van der Waals surface area contributed by atoms with Crippen LogP contribution in [0.5, 0.6) is 11.9 Å². The predicted octanol–water partition coefficient (Wildman–Crippen LogP) is 2.54. The standard InChI is InChI=1S/C10H8F3N3O2S/c1-17-8-6(5-19-16-8)4-18-9-14-3-2-7(15-9)10(11,12)13/h2-3,5H,4H2,1H3. The molecule has 0 radical (unpaired) electrons. The van der Waals surface area contributed by atoms with Gasteiger partial charge in [0.05, 0.1) is 12.7 Å². The van der Waals surface area contributed by atoms with Crippen molar-refractivity contribution in [1.82, 2.24) is 14.3 Å². The van der Waals surface area contributed by atoms with E-state index in [1.807, 2.05) is 0 Å². The zero-order chi connectivity index (χ0) is 13.9. The van der Waals surface area contributed by atoms with Gasteiger partial charge >= 0.3 is 12.2 Å². The zero-order valence-corrected chi connectivity index (χ0v) is 10.5. The smallest absolute Gasteiger partial charge is 0.433 e. The molecule has 0 atom stereocenters. The normalized spacial score (nSPS) is 11.4. The molecule has 9 heteroatoms. The molecule has 5 nitrogen and oxygen atoms in total. The van der Waals surface area contributed by atoms with Gasteiger partial charge in [0.15, 0.2) is 5.69 Å². The van der Waals surface area contributed by atoms with Gasteiger partial charge in [-0.1, -0.05) is 0 Å². The number of nitrogens with zero attached hydrogens (tertiary/aromatic N) is 3. The Bertz CT molecular complexity index is 559. The number of hydrogen-bond donors (Lipinski definition) is 0. The molecular formula is C10H8F3N3O2S. The summed E-state index contributed by atoms with van der Waals surface area (Å²) in [6.45, 7) is -0.0129. The van der Waals surface area contributed by atoms with Crippen molar-refractivity contribution in [3.63, 3.8) is 0 Å². The Morgan fingerprint density at radius 3 is 2.84 bits per heavy atom. The Balaban J connectivity index is 2.08. The lowest BCUT2D eigenvalue weighted by Crippen LogP contribution is -2.10. The summed E-state index contributed by atoms with van der Waals surface area (Å²) in [5.74, 6) is 0.372. The van der Waals surface area contributed by atoms with E-state index in [4.69, 9.17) is 9.47 Å². The van der Waals surface area contributed by atoms with Crippen molar-refractivity contribution in [1.29, 1.82) is 0 Å². The highest BCUT2D eigenvalue weighted by Crippen LogP contribution is 2.28. The van der Waals surface area contributed by atoms with E-state index < -0.39 is 11.9 Å². The number of ether oxygens (including phenoxy) is 2. The quantitative estimate of drug-likeness (QED) is 0.866. The van der Waals surface area contributed by atoms with Gasteiger partial charge in [-0.2, -0.15) is 22.5 Å². The molecule has 0 amide bonds. The average Bonchev–Trinajstić information content (AvgIpc) is 2.83. The Morgan fingerprint density at radius 1 is 1.37 bits per heavy atom. The molecule has 2 aromatic heterocycles. The van der Waals surface area contributed by atoms with E-state index in [1.165, 1.54) is 7.11 Å². The molecule has 0 aromatic carbocycles. The summed E-state index contributed by atoms with van der Waals surface area (Å²) in [6.07, 6.45) is -3.53. The number of rotatable bonds is 4. The topological polar surface area (TPSA) is 57.1 Å². The van der Waals surface area contributed by atoms with E-state index in [0.29, 0.717) is 11.4 Å². The summed E-state index contributed by atoms with van der Waals surface area (Å²) in [7, 11) is 1.44. The maximum atomic E-state index is 12.4. The van der Waals surface area contributed by atoms with E-state index in [9.17, 15) is 13.2 Å². The minimum Gasteiger partial charge on any atom is -0.480 e. The molecule has 0 saturated heterocycles. The molecule has 0 unspecified atom stereocenters. The van der Waals surface area contributed by atoms with Crippen LogP contribution in [0.1, 0.15) is 11.3 Å². The van der Waals surface area contributed by atoms with E-state index in [0.717, 1.165) is 23.8 Å². The van der Waals surface area contributed by atoms with Crippen LogP contribution in [0.3, 0.4) is 0 Å². The van der Waals surface area contributed by atoms with Gasteiger partial charge in [-0.3, -0.25) is 0 Å². The first-order chi connectivity index (χ1) is 9.00. The fraction of sp³-hybridized carbons (Fsp3) is 0.300. The minimum atomic E-state index is -4.53. The third-order valence-electron chi connectivity index (χ3n) is 2.08. The number of methoxy groups -OCH3 is 1. The fourth-order valence-corrected chi connectivity index (χ4v) is 1.86. The molecule has 2 heterocycles. The molecule has 0 aliphatic rings. The largest absolute Gasteiger partial charge is 0.480 e. The molecular weight excluding hydrogens is 283 g/mol. The van der Waals surface area contributed by atoms with Gasteiger partial charge in [0.2, 0.25) is 5.88 Å². The molecule has 0 aliphatic heterocycles. The van der Waals surface area contributed by atoms with Crippen LogP contribution in [0.15, 0.2) is 17.6 Å². The lowest BCUT2D eigenvalue weighted by Gasteiger charge is -2.07. The lowest BCUT2D eigenvalue weighted by molar-refractivity contribution is -0.141. The predicted molar refractivity (Wildman–Crippen MR) is 60.0 cm³/mol. The van der Waals surface area contributed by atoms with Crippen LogP contribution in [0, 0.1) is 0 Å². The first-order valence-electron chi connectivity index (χ1n) is 5.01. The highest BCUT2D eigenvalue weighted by molar-refractivity contribution is 7.03. The highest BCUT2D eigenvalue weighted by atomic mass is 32.1. The van der Waals surface area contributed by atoms with Crippen LogP contribution in [-0.2, 0) is 12.8 Å². The van der Waals surface area contributed by atoms with Crippen LogP contribution >= 0.6 is 11.5 Å². The third-order valence-corrected chi connectivity index (χ3v) is 2.74. The second-order valence-electron chi connectivity index (χ2n) is 3.36. The summed E-state index contributed by atoms with van der Waals surface area (Å²) in [5, 5.41) is 1.67. The zero-order valence-electron chi connectivity index (χ0n) is 9.64. The van der Waals surface area contributed by atoms with Gasteiger partial charge in [-0.05, 0) is 17.6 Å². The number of halogens is 3. The Hall–Kier alpha value is -1.90. The van der Waals surface area contributed by atoms with Crippen LogP contribution in [0.2, 0.25) is 0 Å². The second kappa shape index (κ2) is 5.39. The van der Waals surface area contributed by atoms with Crippen molar-refractivity contribution in [2.24, 2.45) is 0 Å². The Labute approximate surface area is 110 Å². The Kier molecular flexibility index (Phi) is 3.84. The summed E-state index contributed by atoms with van der Waals surface area (Å²) < 4.78 is 51.2. The molecule has 0 spiro atoms. The number of aromatic nitrogens is 3. The number of alkyl halides is 3. The molecule has 102 valence electrons. The summed E-state index contributed by atoms with van der Waals surface area (Å²) in [5.41, 5.74) is -0.429. The van der Waals surface area contributed by atoms with Gasteiger partial charge < -0.3 is 9.47 Å². The number of hydrogen-bond acceptors (Lipinski definition) is 6. The summed E-state index contributed by atoms with van der Waals surface area (Å²) >= 11 is 1.16. The minimum absolute atomic E-state index is 0.0129. The molecule has 2 rings (SSSR count). The lowest BCUT2D eigenvalue weighted by atomic mass is 10.4. The SMILES string of the molecule is COc1nscc1COc1nccc(C(F)(F)F)n1. The van der Waals surface area contributed by atoms with Gasteiger partial charge in [-0.15, -0.1) is 0 Å². The maximum Gasteiger partial charge on any atom is 0.433 e. The second-order valence-corrected chi connectivity index (χ2v) is 3.99. The van der Waals surface area contributed by atoms with Gasteiger partial charge in [-0.25, -0.2) is 4.98 Å². The fourth-order valence-electron chi connectivity index (χ4n) is 1.22. The van der Waals surface area contributed by atoms with Crippen molar-refractivity contribution >= 4 is 11.5 Å². The Morgan fingerprint density at radius 2 is 2.16 bits per heavy atom. The van der Waals surface area contributed by atoms with Crippen molar-refractivity contribution < 1.29 is 22.6 Å².